The predicted octanol–water partition coefficient (Wildman–Crippen LogP) is 2.68. The maximum atomic E-state index is 12.6. The Labute approximate surface area is 137 Å². The summed E-state index contributed by atoms with van der Waals surface area (Å²) in [5.41, 5.74) is 6.83. The van der Waals surface area contributed by atoms with Crippen LogP contribution in [0.2, 0.25) is 0 Å². The number of primary amides is 1. The van der Waals surface area contributed by atoms with Gasteiger partial charge in [-0.1, -0.05) is 15.9 Å². The Balaban J connectivity index is 2.42. The number of amides is 1. The number of nitrogens with zero attached hydrogens (tertiary/aromatic N) is 1. The van der Waals surface area contributed by atoms with Crippen molar-refractivity contribution in [2.75, 3.05) is 11.4 Å². The Morgan fingerprint density at radius 1 is 1.14 bits per heavy atom. The highest BCUT2D eigenvalue weighted by Crippen LogP contribution is 2.27. The number of carbonyl (C=O) groups excluding carboxylic acids is 1. The van der Waals surface area contributed by atoms with E-state index < -0.39 is 15.9 Å². The topological polar surface area (TPSA) is 80.5 Å². The van der Waals surface area contributed by atoms with Gasteiger partial charge in [0, 0.05) is 17.1 Å². The van der Waals surface area contributed by atoms with Gasteiger partial charge in [0.2, 0.25) is 5.91 Å². The number of nitrogens with two attached hydrogens (primary N) is 1. The van der Waals surface area contributed by atoms with Crippen molar-refractivity contribution in [2.45, 2.75) is 11.8 Å². The van der Waals surface area contributed by atoms with Crippen LogP contribution in [0.1, 0.15) is 15.9 Å². The van der Waals surface area contributed by atoms with Crippen molar-refractivity contribution in [2.24, 2.45) is 5.73 Å². The van der Waals surface area contributed by atoms with E-state index in [9.17, 15) is 13.2 Å². The van der Waals surface area contributed by atoms with E-state index >= 15 is 0 Å². The van der Waals surface area contributed by atoms with E-state index in [0.29, 0.717) is 5.69 Å². The number of anilines is 1. The third-order valence-electron chi connectivity index (χ3n) is 3.30. The molecule has 0 fully saturated rings. The van der Waals surface area contributed by atoms with E-state index in [1.165, 1.54) is 35.6 Å². The quantitative estimate of drug-likeness (QED) is 0.882. The normalized spacial score (nSPS) is 11.2. The predicted molar refractivity (Wildman–Crippen MR) is 89.4 cm³/mol. The minimum Gasteiger partial charge on any atom is -0.366 e. The summed E-state index contributed by atoms with van der Waals surface area (Å²) < 4.78 is 27.4. The van der Waals surface area contributed by atoms with Crippen LogP contribution in [0.5, 0.6) is 0 Å². The molecule has 0 aliphatic carbocycles. The maximum absolute atomic E-state index is 12.6. The highest BCUT2D eigenvalue weighted by molar-refractivity contribution is 9.10. The summed E-state index contributed by atoms with van der Waals surface area (Å²) in [6.07, 6.45) is 0. The van der Waals surface area contributed by atoms with Gasteiger partial charge in [-0.05, 0) is 55.0 Å². The Kier molecular flexibility index (Phi) is 4.58. The first-order valence-electron chi connectivity index (χ1n) is 6.38. The number of benzene rings is 2. The average molecular weight is 383 g/mol. The lowest BCUT2D eigenvalue weighted by Gasteiger charge is -2.21. The lowest BCUT2D eigenvalue weighted by atomic mass is 10.2. The first-order valence-corrected chi connectivity index (χ1v) is 8.62. The lowest BCUT2D eigenvalue weighted by Crippen LogP contribution is -2.27. The maximum Gasteiger partial charge on any atom is 0.264 e. The summed E-state index contributed by atoms with van der Waals surface area (Å²) in [6.45, 7) is 1.84. The molecule has 7 heteroatoms. The third kappa shape index (κ3) is 3.15. The van der Waals surface area contributed by atoms with Crippen molar-refractivity contribution < 1.29 is 13.2 Å². The zero-order chi connectivity index (χ0) is 16.5. The van der Waals surface area contributed by atoms with Gasteiger partial charge >= 0.3 is 0 Å². The number of rotatable bonds is 4. The van der Waals surface area contributed by atoms with Gasteiger partial charge in [-0.15, -0.1) is 0 Å². The van der Waals surface area contributed by atoms with E-state index in [0.717, 1.165) is 10.0 Å². The van der Waals surface area contributed by atoms with Gasteiger partial charge in [0.15, 0.2) is 0 Å². The van der Waals surface area contributed by atoms with Gasteiger partial charge in [-0.2, -0.15) is 0 Å². The van der Waals surface area contributed by atoms with Crippen LogP contribution in [0.15, 0.2) is 51.8 Å². The van der Waals surface area contributed by atoms with Crippen molar-refractivity contribution in [3.8, 4) is 0 Å². The van der Waals surface area contributed by atoms with E-state index in [1.54, 1.807) is 12.1 Å². The van der Waals surface area contributed by atoms with Gasteiger partial charge in [0.25, 0.3) is 10.0 Å². The SMILES string of the molecule is Cc1cc(Br)ccc1N(C)S(=O)(=O)c1ccc(C(N)=O)cc1. The average Bonchev–Trinajstić information content (AvgIpc) is 2.46. The molecule has 5 nitrogen and oxygen atoms in total. The fraction of sp³-hybridized carbons (Fsp3) is 0.133. The Bertz CT molecular complexity index is 817. The molecule has 0 bridgehead atoms. The molecule has 2 aromatic carbocycles. The van der Waals surface area contributed by atoms with Crippen LogP contribution in [0.4, 0.5) is 5.69 Å². The molecule has 0 atom stereocenters. The molecule has 0 heterocycles. The lowest BCUT2D eigenvalue weighted by molar-refractivity contribution is 0.1000. The number of hydrogen-bond donors (Lipinski definition) is 1. The molecule has 22 heavy (non-hydrogen) atoms. The van der Waals surface area contributed by atoms with Crippen LogP contribution >= 0.6 is 15.9 Å². The monoisotopic (exact) mass is 382 g/mol. The second-order valence-electron chi connectivity index (χ2n) is 4.79. The number of aryl methyl sites for hydroxylation is 1. The second kappa shape index (κ2) is 6.10. The molecule has 0 unspecified atom stereocenters. The van der Waals surface area contributed by atoms with Crippen LogP contribution in [0, 0.1) is 6.92 Å². The fourth-order valence-electron chi connectivity index (χ4n) is 2.05. The largest absolute Gasteiger partial charge is 0.366 e. The molecule has 0 aromatic heterocycles. The number of hydrogen-bond acceptors (Lipinski definition) is 3. The summed E-state index contributed by atoms with van der Waals surface area (Å²) in [7, 11) is -2.21. The Hall–Kier alpha value is -1.86. The van der Waals surface area contributed by atoms with Crippen LogP contribution in [0.3, 0.4) is 0 Å². The highest BCUT2D eigenvalue weighted by Gasteiger charge is 2.22. The van der Waals surface area contributed by atoms with Gasteiger partial charge < -0.3 is 5.73 Å². The van der Waals surface area contributed by atoms with Crippen LogP contribution in [-0.2, 0) is 10.0 Å². The van der Waals surface area contributed by atoms with E-state index in [2.05, 4.69) is 15.9 Å². The molecule has 0 radical (unpaired) electrons. The van der Waals surface area contributed by atoms with Gasteiger partial charge in [-0.25, -0.2) is 8.42 Å². The van der Waals surface area contributed by atoms with Crippen molar-refractivity contribution in [3.05, 3.63) is 58.1 Å². The van der Waals surface area contributed by atoms with E-state index in [-0.39, 0.29) is 10.5 Å². The summed E-state index contributed by atoms with van der Waals surface area (Å²) in [5.74, 6) is -0.596. The molecule has 2 rings (SSSR count). The standard InChI is InChI=1S/C15H15BrN2O3S/c1-10-9-12(16)5-8-14(10)18(2)22(20,21)13-6-3-11(4-7-13)15(17)19/h3-9H,1-2H3,(H2,17,19). The summed E-state index contributed by atoms with van der Waals surface area (Å²) >= 11 is 3.35. The van der Waals surface area contributed by atoms with Gasteiger partial charge in [0.1, 0.15) is 0 Å². The minimum absolute atomic E-state index is 0.0994. The van der Waals surface area contributed by atoms with Crippen molar-refractivity contribution in [1.29, 1.82) is 0 Å². The van der Waals surface area contributed by atoms with Crippen LogP contribution in [0.25, 0.3) is 0 Å². The Morgan fingerprint density at radius 3 is 2.23 bits per heavy atom. The number of sulfonamides is 1. The van der Waals surface area contributed by atoms with Gasteiger partial charge in [-0.3, -0.25) is 9.10 Å². The van der Waals surface area contributed by atoms with E-state index in [1.807, 2.05) is 13.0 Å². The molecule has 0 saturated heterocycles. The Morgan fingerprint density at radius 2 is 1.73 bits per heavy atom. The number of halogens is 1. The molecule has 0 saturated carbocycles. The van der Waals surface area contributed by atoms with Crippen molar-refractivity contribution >= 4 is 37.5 Å². The molecule has 0 aliphatic rings. The molecule has 1 amide bonds. The summed E-state index contributed by atoms with van der Waals surface area (Å²) in [4.78, 5) is 11.2. The first kappa shape index (κ1) is 16.5. The smallest absolute Gasteiger partial charge is 0.264 e. The van der Waals surface area contributed by atoms with Crippen molar-refractivity contribution in [3.63, 3.8) is 0 Å². The van der Waals surface area contributed by atoms with Crippen molar-refractivity contribution in [1.82, 2.24) is 0 Å². The van der Waals surface area contributed by atoms with Gasteiger partial charge in [0.05, 0.1) is 10.6 Å². The molecular formula is C15H15BrN2O3S. The third-order valence-corrected chi connectivity index (χ3v) is 5.57. The summed E-state index contributed by atoms with van der Waals surface area (Å²) in [6, 6.07) is 10.9. The van der Waals surface area contributed by atoms with Crippen LogP contribution in [-0.4, -0.2) is 21.4 Å². The second-order valence-corrected chi connectivity index (χ2v) is 7.68. The fourth-order valence-corrected chi connectivity index (χ4v) is 3.79. The van der Waals surface area contributed by atoms with Crippen LogP contribution < -0.4 is 10.0 Å². The molecule has 0 spiro atoms. The minimum atomic E-state index is -3.70. The summed E-state index contributed by atoms with van der Waals surface area (Å²) in [5, 5.41) is 0. The molecule has 2 aromatic rings. The number of carbonyl (C=O) groups is 1. The zero-order valence-electron chi connectivity index (χ0n) is 12.1. The highest BCUT2D eigenvalue weighted by atomic mass is 79.9. The zero-order valence-corrected chi connectivity index (χ0v) is 14.5. The molecule has 2 N–H and O–H groups in total. The first-order chi connectivity index (χ1) is 10.2. The molecule has 116 valence electrons. The van der Waals surface area contributed by atoms with E-state index in [4.69, 9.17) is 5.73 Å². The molecule has 0 aliphatic heterocycles. The molecular weight excluding hydrogens is 368 g/mol.